The molecule has 3 nitrogen and oxygen atoms in total. The van der Waals surface area contributed by atoms with Crippen LogP contribution in [0.2, 0.25) is 5.02 Å². The van der Waals surface area contributed by atoms with E-state index in [1.165, 1.54) is 4.90 Å². The summed E-state index contributed by atoms with van der Waals surface area (Å²) in [5, 5.41) is 2.41. The Labute approximate surface area is 145 Å². The highest BCUT2D eigenvalue weighted by atomic mass is 35.5. The average molecular weight is 399 g/mol. The third-order valence-electron chi connectivity index (χ3n) is 3.32. The summed E-state index contributed by atoms with van der Waals surface area (Å²) >= 11 is 5.65. The normalized spacial score (nSPS) is 18.0. The lowest BCUT2D eigenvalue weighted by molar-refractivity contribution is -0.274. The second-order valence-electron chi connectivity index (χ2n) is 4.97. The van der Waals surface area contributed by atoms with Crippen molar-refractivity contribution in [2.45, 2.75) is 18.6 Å². The van der Waals surface area contributed by atoms with Crippen molar-refractivity contribution in [3.8, 4) is 5.75 Å². The zero-order valence-corrected chi connectivity index (χ0v) is 13.6. The van der Waals surface area contributed by atoms with Gasteiger partial charge in [0.2, 0.25) is 0 Å². The Hall–Kier alpha value is -0.900. The molecule has 0 aliphatic carbocycles. The van der Waals surface area contributed by atoms with E-state index in [-0.39, 0.29) is 31.1 Å². The number of nitrogens with one attached hydrogen (secondary N) is 1. The first-order valence-electron chi connectivity index (χ1n) is 6.64. The standard InChI is InChI=1S/C13H13ClF6N2O.ClH/c14-9-7-8(1-2-10(9)23-13(18,19)20)11(12(15,16)17)22-5-3-21-4-6-22;/h1-2,7,11,21H,3-6H2;1H/t11-;/m0./s1. The summed E-state index contributed by atoms with van der Waals surface area (Å²) in [5.74, 6) is -0.732. The van der Waals surface area contributed by atoms with Gasteiger partial charge in [-0.3, -0.25) is 4.90 Å². The van der Waals surface area contributed by atoms with E-state index in [9.17, 15) is 26.3 Å². The van der Waals surface area contributed by atoms with Crippen LogP contribution in [0.15, 0.2) is 18.2 Å². The minimum Gasteiger partial charge on any atom is -0.404 e. The van der Waals surface area contributed by atoms with Gasteiger partial charge in [0.25, 0.3) is 0 Å². The second-order valence-corrected chi connectivity index (χ2v) is 5.37. The molecule has 0 saturated carbocycles. The fourth-order valence-corrected chi connectivity index (χ4v) is 2.67. The van der Waals surface area contributed by atoms with Gasteiger partial charge in [-0.25, -0.2) is 0 Å². The monoisotopic (exact) mass is 398 g/mol. The van der Waals surface area contributed by atoms with Crippen molar-refractivity contribution < 1.29 is 31.1 Å². The SMILES string of the molecule is Cl.FC(F)(F)Oc1ccc([C@H](N2CCNCC2)C(F)(F)F)cc1Cl. The van der Waals surface area contributed by atoms with E-state index in [1.54, 1.807) is 0 Å². The van der Waals surface area contributed by atoms with Gasteiger partial charge >= 0.3 is 12.5 Å². The topological polar surface area (TPSA) is 24.5 Å². The van der Waals surface area contributed by atoms with Crippen LogP contribution in [0.4, 0.5) is 26.3 Å². The molecular formula is C13H14Cl2F6N2O. The Morgan fingerprint density at radius 3 is 2.12 bits per heavy atom. The number of halogens is 8. The van der Waals surface area contributed by atoms with Crippen LogP contribution in [-0.4, -0.2) is 43.6 Å². The molecular weight excluding hydrogens is 385 g/mol. The summed E-state index contributed by atoms with van der Waals surface area (Å²) in [4.78, 5) is 1.21. The summed E-state index contributed by atoms with van der Waals surface area (Å²) in [6, 6.07) is 0.684. The molecule has 0 aromatic heterocycles. The molecule has 24 heavy (non-hydrogen) atoms. The number of ether oxygens (including phenoxy) is 1. The third kappa shape index (κ3) is 5.58. The molecule has 1 aromatic rings. The quantitative estimate of drug-likeness (QED) is 0.773. The molecule has 0 spiro atoms. The van der Waals surface area contributed by atoms with Crippen molar-refractivity contribution in [2.24, 2.45) is 0 Å². The van der Waals surface area contributed by atoms with Gasteiger partial charge in [-0.1, -0.05) is 17.7 Å². The van der Waals surface area contributed by atoms with Crippen LogP contribution in [0.1, 0.15) is 11.6 Å². The molecule has 0 bridgehead atoms. The van der Waals surface area contributed by atoms with E-state index < -0.39 is 29.4 Å². The van der Waals surface area contributed by atoms with Crippen LogP contribution in [0, 0.1) is 0 Å². The number of rotatable bonds is 3. The van der Waals surface area contributed by atoms with Gasteiger partial charge in [0.15, 0.2) is 0 Å². The predicted octanol–water partition coefficient (Wildman–Crippen LogP) is 4.17. The van der Waals surface area contributed by atoms with E-state index in [4.69, 9.17) is 11.6 Å². The smallest absolute Gasteiger partial charge is 0.404 e. The Balaban J connectivity index is 0.00000288. The molecule has 1 saturated heterocycles. The summed E-state index contributed by atoms with van der Waals surface area (Å²) in [6.07, 6.45) is -9.54. The first-order chi connectivity index (χ1) is 10.6. The summed E-state index contributed by atoms with van der Waals surface area (Å²) in [7, 11) is 0. The van der Waals surface area contributed by atoms with Crippen molar-refractivity contribution in [3.05, 3.63) is 28.8 Å². The van der Waals surface area contributed by atoms with Gasteiger partial charge in [0.05, 0.1) is 5.02 Å². The van der Waals surface area contributed by atoms with Gasteiger partial charge in [-0.15, -0.1) is 25.6 Å². The minimum atomic E-state index is -4.97. The zero-order chi connectivity index (χ0) is 17.3. The molecule has 1 aliphatic rings. The second kappa shape index (κ2) is 7.99. The molecule has 1 aromatic carbocycles. The molecule has 2 rings (SSSR count). The van der Waals surface area contributed by atoms with E-state index >= 15 is 0 Å². The summed E-state index contributed by atoms with van der Waals surface area (Å²) in [5.41, 5.74) is -0.223. The van der Waals surface area contributed by atoms with Crippen LogP contribution < -0.4 is 10.1 Å². The van der Waals surface area contributed by atoms with Crippen LogP contribution in [0.25, 0.3) is 0 Å². The lowest BCUT2D eigenvalue weighted by atomic mass is 10.0. The maximum atomic E-state index is 13.4. The highest BCUT2D eigenvalue weighted by molar-refractivity contribution is 6.32. The summed E-state index contributed by atoms with van der Waals surface area (Å²) < 4.78 is 80.3. The summed E-state index contributed by atoms with van der Waals surface area (Å²) in [6.45, 7) is 1.14. The molecule has 1 heterocycles. The molecule has 0 unspecified atom stereocenters. The molecule has 1 N–H and O–H groups in total. The minimum absolute atomic E-state index is 0. The zero-order valence-electron chi connectivity index (χ0n) is 12.0. The lowest BCUT2D eigenvalue weighted by Gasteiger charge is -2.36. The highest BCUT2D eigenvalue weighted by Gasteiger charge is 2.45. The molecule has 1 fully saturated rings. The Kier molecular flexibility index (Phi) is 7.04. The maximum Gasteiger partial charge on any atom is 0.573 e. The van der Waals surface area contributed by atoms with Crippen molar-refractivity contribution in [2.75, 3.05) is 26.2 Å². The highest BCUT2D eigenvalue weighted by Crippen LogP contribution is 2.40. The average Bonchev–Trinajstić information content (AvgIpc) is 2.40. The number of piperazine rings is 1. The number of hydrogen-bond donors (Lipinski definition) is 1. The first kappa shape index (κ1) is 21.1. The van der Waals surface area contributed by atoms with Gasteiger partial charge in [-0.2, -0.15) is 13.2 Å². The lowest BCUT2D eigenvalue weighted by Crippen LogP contribution is -2.49. The van der Waals surface area contributed by atoms with Gasteiger partial charge in [0.1, 0.15) is 11.8 Å². The van der Waals surface area contributed by atoms with Gasteiger partial charge in [-0.05, 0) is 17.7 Å². The molecule has 138 valence electrons. The van der Waals surface area contributed by atoms with E-state index in [0.717, 1.165) is 18.2 Å². The largest absolute Gasteiger partial charge is 0.573 e. The number of benzene rings is 1. The van der Waals surface area contributed by atoms with Crippen molar-refractivity contribution in [1.29, 1.82) is 0 Å². The molecule has 0 radical (unpaired) electrons. The molecule has 11 heteroatoms. The van der Waals surface area contributed by atoms with E-state index in [1.807, 2.05) is 0 Å². The Morgan fingerprint density at radius 2 is 1.67 bits per heavy atom. The van der Waals surface area contributed by atoms with Crippen molar-refractivity contribution in [1.82, 2.24) is 10.2 Å². The predicted molar refractivity (Wildman–Crippen MR) is 78.6 cm³/mol. The van der Waals surface area contributed by atoms with E-state index in [0.29, 0.717) is 13.1 Å². The fraction of sp³-hybridized carbons (Fsp3) is 0.538. The first-order valence-corrected chi connectivity index (χ1v) is 7.02. The molecule has 1 aliphatic heterocycles. The Morgan fingerprint density at radius 1 is 1.08 bits per heavy atom. The van der Waals surface area contributed by atoms with Crippen LogP contribution in [-0.2, 0) is 0 Å². The number of hydrogen-bond acceptors (Lipinski definition) is 3. The third-order valence-corrected chi connectivity index (χ3v) is 3.62. The van der Waals surface area contributed by atoms with Crippen LogP contribution in [0.3, 0.4) is 0 Å². The maximum absolute atomic E-state index is 13.4. The molecule has 1 atom stereocenters. The van der Waals surface area contributed by atoms with Gasteiger partial charge < -0.3 is 10.1 Å². The van der Waals surface area contributed by atoms with Crippen molar-refractivity contribution >= 4 is 24.0 Å². The Bertz CT molecular complexity index is 546. The fourth-order valence-electron chi connectivity index (χ4n) is 2.44. The number of nitrogens with zero attached hydrogens (tertiary/aromatic N) is 1. The van der Waals surface area contributed by atoms with E-state index in [2.05, 4.69) is 10.1 Å². The number of alkyl halides is 6. The van der Waals surface area contributed by atoms with Gasteiger partial charge in [0, 0.05) is 26.2 Å². The van der Waals surface area contributed by atoms with Crippen LogP contribution in [0.5, 0.6) is 5.75 Å². The van der Waals surface area contributed by atoms with Crippen molar-refractivity contribution in [3.63, 3.8) is 0 Å². The molecule has 0 amide bonds. The van der Waals surface area contributed by atoms with Crippen LogP contribution >= 0.6 is 24.0 Å².